The zero-order valence-corrected chi connectivity index (χ0v) is 14.5. The van der Waals surface area contributed by atoms with Crippen molar-refractivity contribution in [3.8, 4) is 11.5 Å². The van der Waals surface area contributed by atoms with Gasteiger partial charge in [-0.2, -0.15) is 0 Å². The fraction of sp³-hybridized carbons (Fsp3) is 0.375. The van der Waals surface area contributed by atoms with Crippen LogP contribution in [0.3, 0.4) is 0 Å². The predicted octanol–water partition coefficient (Wildman–Crippen LogP) is 2.40. The monoisotopic (exact) mass is 367 g/mol. The molecule has 1 atom stereocenters. The third kappa shape index (κ3) is 3.33. The van der Waals surface area contributed by atoms with Crippen molar-refractivity contribution in [3.05, 3.63) is 34.3 Å². The van der Waals surface area contributed by atoms with Crippen LogP contribution in [0, 0.1) is 0 Å². The molecule has 8 heteroatoms. The number of thiazole rings is 1. The van der Waals surface area contributed by atoms with Gasteiger partial charge in [0.2, 0.25) is 0 Å². The van der Waals surface area contributed by atoms with E-state index in [1.807, 2.05) is 0 Å². The van der Waals surface area contributed by atoms with Crippen molar-refractivity contribution < 1.29 is 14.3 Å². The van der Waals surface area contributed by atoms with Gasteiger partial charge >= 0.3 is 0 Å². The lowest BCUT2D eigenvalue weighted by atomic mass is 9.99. The number of anilines is 1. The number of carbonyl (C=O) groups excluding carboxylic acids is 1. The number of aryl methyl sites for hydroxylation is 1. The maximum atomic E-state index is 12.4. The van der Waals surface area contributed by atoms with Gasteiger partial charge in [0.1, 0.15) is 13.2 Å². The lowest BCUT2D eigenvalue weighted by molar-refractivity contribution is 0.102. The Labute approximate surface area is 149 Å². The van der Waals surface area contributed by atoms with Crippen LogP contribution in [0.4, 0.5) is 5.13 Å². The molecule has 0 bridgehead atoms. The fourth-order valence-electron chi connectivity index (χ4n) is 2.81. The van der Waals surface area contributed by atoms with Crippen LogP contribution >= 0.6 is 23.7 Å². The molecule has 1 amide bonds. The number of nitrogens with zero attached hydrogens (tertiary/aromatic N) is 1. The van der Waals surface area contributed by atoms with E-state index in [0.29, 0.717) is 35.4 Å². The molecule has 1 aliphatic carbocycles. The number of hydrogen-bond acceptors (Lipinski definition) is 6. The Balaban J connectivity index is 0.00000169. The second-order valence-corrected chi connectivity index (χ2v) is 6.79. The molecule has 0 saturated carbocycles. The number of nitrogens with two attached hydrogens (primary N) is 1. The highest BCUT2D eigenvalue weighted by Gasteiger charge is 2.21. The summed E-state index contributed by atoms with van der Waals surface area (Å²) in [5.41, 5.74) is 7.57. The van der Waals surface area contributed by atoms with E-state index in [2.05, 4.69) is 10.3 Å². The van der Waals surface area contributed by atoms with Crippen LogP contribution in [-0.4, -0.2) is 30.1 Å². The zero-order valence-electron chi connectivity index (χ0n) is 12.9. The van der Waals surface area contributed by atoms with Crippen LogP contribution in [0.15, 0.2) is 18.2 Å². The second kappa shape index (κ2) is 6.96. The Bertz CT molecular complexity index is 765. The Kier molecular flexibility index (Phi) is 4.93. The Morgan fingerprint density at radius 3 is 2.92 bits per heavy atom. The van der Waals surface area contributed by atoms with Crippen molar-refractivity contribution in [2.45, 2.75) is 25.3 Å². The van der Waals surface area contributed by atoms with E-state index in [9.17, 15) is 4.79 Å². The molecule has 3 N–H and O–H groups in total. The summed E-state index contributed by atoms with van der Waals surface area (Å²) in [6.45, 7) is 1.03. The molecule has 1 aliphatic heterocycles. The molecule has 1 aromatic heterocycles. The van der Waals surface area contributed by atoms with Gasteiger partial charge in [-0.25, -0.2) is 4.98 Å². The van der Waals surface area contributed by atoms with Gasteiger partial charge < -0.3 is 15.2 Å². The smallest absolute Gasteiger partial charge is 0.257 e. The van der Waals surface area contributed by atoms with E-state index >= 15 is 0 Å². The molecule has 0 unspecified atom stereocenters. The number of benzene rings is 1. The minimum absolute atomic E-state index is 0. The van der Waals surface area contributed by atoms with Crippen molar-refractivity contribution in [1.82, 2.24) is 4.98 Å². The molecule has 2 aliphatic rings. The number of ether oxygens (including phenoxy) is 2. The van der Waals surface area contributed by atoms with E-state index in [-0.39, 0.29) is 24.4 Å². The first-order valence-electron chi connectivity index (χ1n) is 7.64. The first kappa shape index (κ1) is 17.0. The zero-order chi connectivity index (χ0) is 15.8. The third-order valence-electron chi connectivity index (χ3n) is 4.00. The van der Waals surface area contributed by atoms with Crippen molar-refractivity contribution >= 4 is 34.8 Å². The van der Waals surface area contributed by atoms with Crippen LogP contribution in [0.25, 0.3) is 0 Å². The van der Waals surface area contributed by atoms with E-state index in [1.54, 1.807) is 18.2 Å². The van der Waals surface area contributed by atoms with Crippen LogP contribution < -0.4 is 20.5 Å². The fourth-order valence-corrected chi connectivity index (χ4v) is 3.90. The standard InChI is InChI=1S/C16H17N3O3S.ClH/c17-10-2-3-11-14(8-10)23-16(18-11)19-15(20)9-1-4-12-13(7-9)22-6-5-21-12;/h1,4,7,10H,2-3,5-6,8,17H2,(H,18,19,20);1H/t10-;/m0./s1. The average molecular weight is 368 g/mol. The molecule has 0 spiro atoms. The Morgan fingerprint density at radius 1 is 1.29 bits per heavy atom. The van der Waals surface area contributed by atoms with E-state index in [0.717, 1.165) is 25.0 Å². The topological polar surface area (TPSA) is 86.5 Å². The number of rotatable bonds is 2. The van der Waals surface area contributed by atoms with Crippen molar-refractivity contribution in [2.24, 2.45) is 5.73 Å². The molecular weight excluding hydrogens is 350 g/mol. The number of aromatic nitrogens is 1. The molecule has 2 heterocycles. The molecule has 4 rings (SSSR count). The molecule has 6 nitrogen and oxygen atoms in total. The van der Waals surface area contributed by atoms with Gasteiger partial charge in [-0.1, -0.05) is 0 Å². The van der Waals surface area contributed by atoms with Crippen LogP contribution in [0.2, 0.25) is 0 Å². The molecule has 128 valence electrons. The summed E-state index contributed by atoms with van der Waals surface area (Å²) < 4.78 is 11.0. The number of fused-ring (bicyclic) bond motifs is 2. The maximum Gasteiger partial charge on any atom is 0.257 e. The third-order valence-corrected chi connectivity index (χ3v) is 5.04. The minimum Gasteiger partial charge on any atom is -0.486 e. The highest BCUT2D eigenvalue weighted by molar-refractivity contribution is 7.15. The van der Waals surface area contributed by atoms with Gasteiger partial charge in [0.05, 0.1) is 5.69 Å². The molecule has 24 heavy (non-hydrogen) atoms. The minimum atomic E-state index is -0.197. The normalized spacial score (nSPS) is 18.3. The van der Waals surface area contributed by atoms with Gasteiger partial charge in [0.15, 0.2) is 16.6 Å². The second-order valence-electron chi connectivity index (χ2n) is 5.70. The highest BCUT2D eigenvalue weighted by atomic mass is 35.5. The summed E-state index contributed by atoms with van der Waals surface area (Å²) in [5.74, 6) is 1.08. The summed E-state index contributed by atoms with van der Waals surface area (Å²) >= 11 is 1.51. The van der Waals surface area contributed by atoms with E-state index in [1.165, 1.54) is 16.2 Å². The van der Waals surface area contributed by atoms with Crippen molar-refractivity contribution in [1.29, 1.82) is 0 Å². The molecule has 0 radical (unpaired) electrons. The van der Waals surface area contributed by atoms with Crippen LogP contribution in [-0.2, 0) is 12.8 Å². The largest absolute Gasteiger partial charge is 0.486 e. The Morgan fingerprint density at radius 2 is 2.08 bits per heavy atom. The predicted molar refractivity (Wildman–Crippen MR) is 94.7 cm³/mol. The number of nitrogens with one attached hydrogen (secondary N) is 1. The van der Waals surface area contributed by atoms with Crippen molar-refractivity contribution in [2.75, 3.05) is 18.5 Å². The lowest BCUT2D eigenvalue weighted by Crippen LogP contribution is -2.27. The number of carbonyl (C=O) groups is 1. The maximum absolute atomic E-state index is 12.4. The highest BCUT2D eigenvalue weighted by Crippen LogP contribution is 2.32. The molecular formula is C16H18ClN3O3S. The lowest BCUT2D eigenvalue weighted by Gasteiger charge is -2.18. The summed E-state index contributed by atoms with van der Waals surface area (Å²) in [6, 6.07) is 5.39. The van der Waals surface area contributed by atoms with Gasteiger partial charge in [-0.05, 0) is 37.5 Å². The van der Waals surface area contributed by atoms with Crippen LogP contribution in [0.1, 0.15) is 27.3 Å². The summed E-state index contributed by atoms with van der Waals surface area (Å²) in [5, 5.41) is 3.50. The van der Waals surface area contributed by atoms with E-state index < -0.39 is 0 Å². The molecule has 2 aromatic rings. The first-order valence-corrected chi connectivity index (χ1v) is 8.46. The summed E-state index contributed by atoms with van der Waals surface area (Å²) in [4.78, 5) is 18.1. The SMILES string of the molecule is Cl.N[C@H]1CCc2nc(NC(=O)c3ccc4c(c3)OCCO4)sc2C1. The average Bonchev–Trinajstić information content (AvgIpc) is 2.95. The molecule has 1 aromatic carbocycles. The van der Waals surface area contributed by atoms with Crippen LogP contribution in [0.5, 0.6) is 11.5 Å². The van der Waals surface area contributed by atoms with Gasteiger partial charge in [0, 0.05) is 16.5 Å². The van der Waals surface area contributed by atoms with Gasteiger partial charge in [-0.3, -0.25) is 10.1 Å². The Hall–Kier alpha value is -1.83. The number of halogens is 1. The molecule has 0 fully saturated rings. The van der Waals surface area contributed by atoms with E-state index in [4.69, 9.17) is 15.2 Å². The number of amides is 1. The molecule has 0 saturated heterocycles. The van der Waals surface area contributed by atoms with Gasteiger partial charge in [0.25, 0.3) is 5.91 Å². The number of hydrogen-bond donors (Lipinski definition) is 2. The van der Waals surface area contributed by atoms with Gasteiger partial charge in [-0.15, -0.1) is 23.7 Å². The summed E-state index contributed by atoms with van der Waals surface area (Å²) in [6.07, 6.45) is 2.67. The quantitative estimate of drug-likeness (QED) is 0.851. The summed E-state index contributed by atoms with van der Waals surface area (Å²) in [7, 11) is 0. The van der Waals surface area contributed by atoms with Crippen molar-refractivity contribution in [3.63, 3.8) is 0 Å². The first-order chi connectivity index (χ1) is 11.2.